The molecular weight excluding hydrogens is 378 g/mol. The van der Waals surface area contributed by atoms with Crippen molar-refractivity contribution in [1.82, 2.24) is 5.32 Å². The fraction of sp³-hybridized carbons (Fsp3) is 0.417. The Bertz CT molecular complexity index is 933. The van der Waals surface area contributed by atoms with Crippen molar-refractivity contribution in [3.63, 3.8) is 0 Å². The summed E-state index contributed by atoms with van der Waals surface area (Å²) in [7, 11) is 0. The zero-order valence-electron chi connectivity index (χ0n) is 17.3. The molecule has 4 rings (SSSR count). The minimum atomic E-state index is -0.0909. The Labute approximate surface area is 178 Å². The van der Waals surface area contributed by atoms with Crippen LogP contribution < -0.4 is 15.5 Å². The van der Waals surface area contributed by atoms with E-state index in [9.17, 15) is 4.79 Å². The van der Waals surface area contributed by atoms with Gasteiger partial charge in [-0.3, -0.25) is 4.79 Å². The van der Waals surface area contributed by atoms with Crippen LogP contribution in [-0.4, -0.2) is 17.6 Å². The molecule has 0 radical (unpaired) electrons. The molecular formula is C24H29N3OS. The second-order valence-corrected chi connectivity index (χ2v) is 8.74. The van der Waals surface area contributed by atoms with E-state index in [2.05, 4.69) is 47.9 Å². The molecule has 0 aromatic heterocycles. The number of hydrogen-bond acceptors (Lipinski definition) is 2. The number of aryl methyl sites for hydroxylation is 2. The second-order valence-electron chi connectivity index (χ2n) is 8.33. The van der Waals surface area contributed by atoms with Crippen LogP contribution in [0.2, 0.25) is 0 Å². The molecule has 29 heavy (non-hydrogen) atoms. The first kappa shape index (κ1) is 19.9. The Balaban J connectivity index is 1.50. The van der Waals surface area contributed by atoms with Crippen molar-refractivity contribution in [2.45, 2.75) is 57.9 Å². The summed E-state index contributed by atoms with van der Waals surface area (Å²) in [6.07, 6.45) is 6.19. The number of anilines is 2. The Morgan fingerprint density at radius 3 is 2.45 bits per heavy atom. The predicted octanol–water partition coefficient (Wildman–Crippen LogP) is 5.19. The third kappa shape index (κ3) is 4.01. The number of carbonyl (C=O) groups is 1. The largest absolute Gasteiger partial charge is 0.353 e. The topological polar surface area (TPSA) is 44.4 Å². The summed E-state index contributed by atoms with van der Waals surface area (Å²) in [4.78, 5) is 14.0. The van der Waals surface area contributed by atoms with Gasteiger partial charge >= 0.3 is 0 Å². The van der Waals surface area contributed by atoms with Gasteiger partial charge in [0.25, 0.3) is 0 Å². The van der Waals surface area contributed by atoms with Crippen LogP contribution in [0.5, 0.6) is 0 Å². The van der Waals surface area contributed by atoms with Gasteiger partial charge in [-0.2, -0.15) is 0 Å². The SMILES string of the molecule is Cc1cc(NC(=S)NC2(c3ccccc3C)CCCC2)ccc1N1CCCC1=O. The van der Waals surface area contributed by atoms with Crippen molar-refractivity contribution in [3.05, 3.63) is 59.2 Å². The van der Waals surface area contributed by atoms with Crippen LogP contribution in [0.15, 0.2) is 42.5 Å². The maximum atomic E-state index is 12.1. The highest BCUT2D eigenvalue weighted by molar-refractivity contribution is 7.80. The van der Waals surface area contributed by atoms with E-state index >= 15 is 0 Å². The lowest BCUT2D eigenvalue weighted by Crippen LogP contribution is -2.46. The molecule has 1 saturated heterocycles. The molecule has 1 aliphatic carbocycles. The molecule has 152 valence electrons. The molecule has 2 aromatic rings. The molecule has 0 atom stereocenters. The Morgan fingerprint density at radius 2 is 1.79 bits per heavy atom. The number of amides is 1. The van der Waals surface area contributed by atoms with E-state index in [4.69, 9.17) is 12.2 Å². The van der Waals surface area contributed by atoms with Crippen LogP contribution in [0.4, 0.5) is 11.4 Å². The van der Waals surface area contributed by atoms with Gasteiger partial charge < -0.3 is 15.5 Å². The molecule has 1 aliphatic heterocycles. The Kier molecular flexibility index (Phi) is 5.59. The number of benzene rings is 2. The molecule has 2 N–H and O–H groups in total. The van der Waals surface area contributed by atoms with Gasteiger partial charge in [-0.1, -0.05) is 37.1 Å². The van der Waals surface area contributed by atoms with E-state index < -0.39 is 0 Å². The lowest BCUT2D eigenvalue weighted by atomic mass is 9.85. The Hall–Kier alpha value is -2.40. The molecule has 1 heterocycles. The number of nitrogens with one attached hydrogen (secondary N) is 2. The zero-order chi connectivity index (χ0) is 20.4. The fourth-order valence-corrected chi connectivity index (χ4v) is 5.18. The van der Waals surface area contributed by atoms with Crippen LogP contribution in [0.3, 0.4) is 0 Å². The number of thiocarbonyl (C=S) groups is 1. The summed E-state index contributed by atoms with van der Waals surface area (Å²) >= 11 is 5.70. The molecule has 2 aliphatic rings. The van der Waals surface area contributed by atoms with Gasteiger partial charge in [-0.15, -0.1) is 0 Å². The molecule has 5 heteroatoms. The monoisotopic (exact) mass is 407 g/mol. The van der Waals surface area contributed by atoms with Crippen molar-refractivity contribution in [2.24, 2.45) is 0 Å². The highest BCUT2D eigenvalue weighted by Gasteiger charge is 2.37. The van der Waals surface area contributed by atoms with Gasteiger partial charge in [0, 0.05) is 24.3 Å². The fourth-order valence-electron chi connectivity index (χ4n) is 4.87. The summed E-state index contributed by atoms with van der Waals surface area (Å²) in [6.45, 7) is 5.04. The summed E-state index contributed by atoms with van der Waals surface area (Å²) in [5, 5.41) is 7.67. The lowest BCUT2D eigenvalue weighted by molar-refractivity contribution is -0.117. The van der Waals surface area contributed by atoms with Crippen molar-refractivity contribution in [3.8, 4) is 0 Å². The molecule has 2 aromatic carbocycles. The minimum Gasteiger partial charge on any atom is -0.353 e. The molecule has 1 amide bonds. The number of rotatable bonds is 4. The van der Waals surface area contributed by atoms with Gasteiger partial charge in [0.1, 0.15) is 0 Å². The maximum absolute atomic E-state index is 12.1. The van der Waals surface area contributed by atoms with E-state index in [1.807, 2.05) is 24.0 Å². The van der Waals surface area contributed by atoms with E-state index in [1.165, 1.54) is 24.0 Å². The van der Waals surface area contributed by atoms with Gasteiger partial charge in [0.15, 0.2) is 5.11 Å². The van der Waals surface area contributed by atoms with Crippen LogP contribution in [0.1, 0.15) is 55.2 Å². The highest BCUT2D eigenvalue weighted by Crippen LogP contribution is 2.40. The first-order valence-corrected chi connectivity index (χ1v) is 11.0. The van der Waals surface area contributed by atoms with E-state index in [-0.39, 0.29) is 11.4 Å². The van der Waals surface area contributed by atoms with Crippen LogP contribution in [0, 0.1) is 13.8 Å². The van der Waals surface area contributed by atoms with Crippen molar-refractivity contribution < 1.29 is 4.79 Å². The minimum absolute atomic E-state index is 0.0909. The van der Waals surface area contributed by atoms with E-state index in [1.54, 1.807) is 0 Å². The van der Waals surface area contributed by atoms with Crippen molar-refractivity contribution in [1.29, 1.82) is 0 Å². The number of carbonyl (C=O) groups excluding carboxylic acids is 1. The molecule has 0 bridgehead atoms. The van der Waals surface area contributed by atoms with Gasteiger partial charge in [-0.05, 0) is 80.2 Å². The molecule has 0 spiro atoms. The predicted molar refractivity (Wildman–Crippen MR) is 123 cm³/mol. The lowest BCUT2D eigenvalue weighted by Gasteiger charge is -2.34. The van der Waals surface area contributed by atoms with E-state index in [0.717, 1.165) is 42.7 Å². The van der Waals surface area contributed by atoms with Crippen LogP contribution in [0.25, 0.3) is 0 Å². The first-order valence-electron chi connectivity index (χ1n) is 10.5. The Morgan fingerprint density at radius 1 is 1.03 bits per heavy atom. The molecule has 1 saturated carbocycles. The van der Waals surface area contributed by atoms with E-state index in [0.29, 0.717) is 11.5 Å². The van der Waals surface area contributed by atoms with Gasteiger partial charge in [0.05, 0.1) is 5.54 Å². The molecule has 2 fully saturated rings. The average molecular weight is 408 g/mol. The quantitative estimate of drug-likeness (QED) is 0.685. The third-order valence-electron chi connectivity index (χ3n) is 6.29. The van der Waals surface area contributed by atoms with Crippen molar-refractivity contribution in [2.75, 3.05) is 16.8 Å². The second kappa shape index (κ2) is 8.15. The highest BCUT2D eigenvalue weighted by atomic mass is 32.1. The van der Waals surface area contributed by atoms with Gasteiger partial charge in [-0.25, -0.2) is 0 Å². The summed E-state index contributed by atoms with van der Waals surface area (Å²) < 4.78 is 0. The van der Waals surface area contributed by atoms with Crippen molar-refractivity contribution >= 4 is 34.6 Å². The third-order valence-corrected chi connectivity index (χ3v) is 6.49. The summed E-state index contributed by atoms with van der Waals surface area (Å²) in [6, 6.07) is 14.7. The number of nitrogens with zero attached hydrogens (tertiary/aromatic N) is 1. The first-order chi connectivity index (χ1) is 14.0. The standard InChI is InChI=1S/C24H29N3OS/c1-17-8-3-4-9-20(17)24(13-5-6-14-24)26-23(29)25-19-11-12-21(18(2)16-19)27-15-7-10-22(27)28/h3-4,8-9,11-12,16H,5-7,10,13-15H2,1-2H3,(H2,25,26,29). The molecule has 0 unspecified atom stereocenters. The maximum Gasteiger partial charge on any atom is 0.227 e. The van der Waals surface area contributed by atoms with Crippen LogP contribution >= 0.6 is 12.2 Å². The smallest absolute Gasteiger partial charge is 0.227 e. The summed E-state index contributed by atoms with van der Waals surface area (Å²) in [5.74, 6) is 0.215. The number of hydrogen-bond donors (Lipinski definition) is 2. The zero-order valence-corrected chi connectivity index (χ0v) is 18.1. The van der Waals surface area contributed by atoms with Crippen LogP contribution in [-0.2, 0) is 10.3 Å². The molecule has 4 nitrogen and oxygen atoms in total. The average Bonchev–Trinajstić information content (AvgIpc) is 3.32. The summed E-state index contributed by atoms with van der Waals surface area (Å²) in [5.41, 5.74) is 5.60. The van der Waals surface area contributed by atoms with Gasteiger partial charge in [0.2, 0.25) is 5.91 Å². The normalized spacial score (nSPS) is 18.1.